The third kappa shape index (κ3) is 4.66. The lowest BCUT2D eigenvalue weighted by Gasteiger charge is -2.27. The second-order valence-corrected chi connectivity index (χ2v) is 9.31. The number of aromatic amines is 2. The van der Waals surface area contributed by atoms with Crippen molar-refractivity contribution in [2.75, 3.05) is 4.90 Å². The van der Waals surface area contributed by atoms with Crippen LogP contribution in [0, 0.1) is 20.8 Å². The van der Waals surface area contributed by atoms with Gasteiger partial charge in [-0.05, 0) is 76.4 Å². The minimum atomic E-state index is -0.682. The van der Waals surface area contributed by atoms with Gasteiger partial charge in [-0.3, -0.25) is 10.2 Å². The van der Waals surface area contributed by atoms with Gasteiger partial charge in [-0.2, -0.15) is 10.2 Å². The number of ether oxygens (including phenoxy) is 1. The average Bonchev–Trinajstić information content (AvgIpc) is 3.35. The summed E-state index contributed by atoms with van der Waals surface area (Å²) in [7, 11) is 0. The van der Waals surface area contributed by atoms with Crippen LogP contribution in [0.1, 0.15) is 37.7 Å². The highest BCUT2D eigenvalue weighted by atomic mass is 16.6. The molecule has 0 radical (unpaired) electrons. The molecule has 2 aromatic carbocycles. The third-order valence-corrected chi connectivity index (χ3v) is 5.40. The van der Waals surface area contributed by atoms with Gasteiger partial charge in [0.25, 0.3) is 0 Å². The van der Waals surface area contributed by atoms with E-state index in [1.54, 1.807) is 18.2 Å². The van der Waals surface area contributed by atoms with E-state index in [0.29, 0.717) is 17.1 Å². The van der Waals surface area contributed by atoms with Crippen LogP contribution in [0.3, 0.4) is 0 Å². The van der Waals surface area contributed by atoms with Crippen LogP contribution in [0.2, 0.25) is 0 Å². The van der Waals surface area contributed by atoms with Crippen molar-refractivity contribution >= 4 is 17.6 Å². The van der Waals surface area contributed by atoms with Crippen LogP contribution in [0.25, 0.3) is 22.4 Å². The van der Waals surface area contributed by atoms with Crippen molar-refractivity contribution < 1.29 is 14.6 Å². The fraction of sp³-hybridized carbons (Fsp3) is 0.269. The SMILES string of the molecule is Cc1cc(O)ccc1N(C(=O)OC(C)(C)C)c1cc(-c2ccc(-c3c(C)n[nH]c3C)cc2)[nH]n1. The number of amides is 1. The number of phenolic OH excluding ortho intramolecular Hbond substituents is 1. The standard InChI is InChI=1S/C26H29N5O3/c1-15-13-20(32)11-12-22(15)31(25(33)34-26(4,5)6)23-14-21(29-30-23)18-7-9-19(10-8-18)24-16(2)27-28-17(24)3/h7-14,32H,1-6H3,(H,27,28)(H,29,30). The molecule has 8 nitrogen and oxygen atoms in total. The maximum Gasteiger partial charge on any atom is 0.420 e. The first-order chi connectivity index (χ1) is 16.0. The molecule has 2 aromatic heterocycles. The first-order valence-electron chi connectivity index (χ1n) is 11.0. The van der Waals surface area contributed by atoms with Crippen LogP contribution in [0.15, 0.2) is 48.5 Å². The number of benzene rings is 2. The number of H-pyrrole nitrogens is 2. The molecule has 0 spiro atoms. The number of anilines is 2. The molecule has 0 aliphatic carbocycles. The highest BCUT2D eigenvalue weighted by Gasteiger charge is 2.28. The summed E-state index contributed by atoms with van der Waals surface area (Å²) < 4.78 is 5.65. The molecule has 0 aliphatic rings. The zero-order valence-electron chi connectivity index (χ0n) is 20.2. The minimum Gasteiger partial charge on any atom is -0.508 e. The molecule has 176 valence electrons. The summed E-state index contributed by atoms with van der Waals surface area (Å²) in [6.45, 7) is 11.2. The summed E-state index contributed by atoms with van der Waals surface area (Å²) in [4.78, 5) is 14.6. The molecule has 3 N–H and O–H groups in total. The van der Waals surface area contributed by atoms with Crippen molar-refractivity contribution in [3.8, 4) is 28.1 Å². The number of carbonyl (C=O) groups is 1. The number of hydrogen-bond donors (Lipinski definition) is 3. The first kappa shape index (κ1) is 23.1. The van der Waals surface area contributed by atoms with E-state index in [-0.39, 0.29) is 5.75 Å². The Kier molecular flexibility index (Phi) is 5.91. The summed E-state index contributed by atoms with van der Waals surface area (Å²) in [6, 6.07) is 14.7. The molecule has 0 bridgehead atoms. The van der Waals surface area contributed by atoms with Gasteiger partial charge < -0.3 is 9.84 Å². The van der Waals surface area contributed by atoms with Crippen molar-refractivity contribution in [3.05, 3.63) is 65.5 Å². The van der Waals surface area contributed by atoms with Gasteiger partial charge in [0.05, 0.1) is 17.1 Å². The number of rotatable bonds is 4. The van der Waals surface area contributed by atoms with E-state index in [4.69, 9.17) is 4.74 Å². The van der Waals surface area contributed by atoms with E-state index in [0.717, 1.165) is 33.8 Å². The predicted molar refractivity (Wildman–Crippen MR) is 132 cm³/mol. The molecule has 0 saturated carbocycles. The molecule has 0 aliphatic heterocycles. The lowest BCUT2D eigenvalue weighted by molar-refractivity contribution is 0.0598. The number of nitrogens with one attached hydrogen (secondary N) is 2. The molecule has 0 fully saturated rings. The van der Waals surface area contributed by atoms with Gasteiger partial charge in [0.2, 0.25) is 0 Å². The summed E-state index contributed by atoms with van der Waals surface area (Å²) in [5.41, 5.74) is 6.42. The Balaban J connectivity index is 1.69. The molecule has 0 atom stereocenters. The van der Waals surface area contributed by atoms with Crippen LogP contribution < -0.4 is 4.90 Å². The maximum absolute atomic E-state index is 13.2. The molecule has 1 amide bonds. The molecule has 4 rings (SSSR count). The van der Waals surface area contributed by atoms with E-state index >= 15 is 0 Å². The van der Waals surface area contributed by atoms with E-state index in [9.17, 15) is 9.90 Å². The summed E-state index contributed by atoms with van der Waals surface area (Å²) in [5, 5.41) is 24.6. The van der Waals surface area contributed by atoms with Gasteiger partial charge in [0.1, 0.15) is 11.4 Å². The van der Waals surface area contributed by atoms with E-state index < -0.39 is 11.7 Å². The molecule has 2 heterocycles. The summed E-state index contributed by atoms with van der Waals surface area (Å²) in [5.74, 6) is 0.514. The number of hydrogen-bond acceptors (Lipinski definition) is 5. The molecule has 4 aromatic rings. The Morgan fingerprint density at radius 1 is 0.941 bits per heavy atom. The van der Waals surface area contributed by atoms with Crippen molar-refractivity contribution in [2.24, 2.45) is 0 Å². The van der Waals surface area contributed by atoms with Crippen molar-refractivity contribution in [2.45, 2.75) is 47.1 Å². The zero-order valence-corrected chi connectivity index (χ0v) is 20.2. The topological polar surface area (TPSA) is 107 Å². The highest BCUT2D eigenvalue weighted by Crippen LogP contribution is 2.34. The van der Waals surface area contributed by atoms with Crippen LogP contribution in [-0.2, 0) is 4.74 Å². The number of aryl methyl sites for hydroxylation is 3. The molecule has 34 heavy (non-hydrogen) atoms. The Bertz CT molecular complexity index is 1310. The lowest BCUT2D eigenvalue weighted by Crippen LogP contribution is -2.34. The van der Waals surface area contributed by atoms with Gasteiger partial charge in [-0.1, -0.05) is 24.3 Å². The fourth-order valence-electron chi connectivity index (χ4n) is 3.88. The first-order valence-corrected chi connectivity index (χ1v) is 11.0. The Morgan fingerprint density at radius 3 is 2.21 bits per heavy atom. The molecular formula is C26H29N5O3. The monoisotopic (exact) mass is 459 g/mol. The average molecular weight is 460 g/mol. The maximum atomic E-state index is 13.2. The number of phenols is 1. The highest BCUT2D eigenvalue weighted by molar-refractivity contribution is 5.96. The van der Waals surface area contributed by atoms with Gasteiger partial charge in [0, 0.05) is 17.3 Å². The number of aromatic hydroxyl groups is 1. The zero-order chi connectivity index (χ0) is 24.6. The predicted octanol–water partition coefficient (Wildman–Crippen LogP) is 6.17. The fourth-order valence-corrected chi connectivity index (χ4v) is 3.88. The Labute approximate surface area is 198 Å². The largest absolute Gasteiger partial charge is 0.508 e. The van der Waals surface area contributed by atoms with Gasteiger partial charge in [-0.25, -0.2) is 9.69 Å². The van der Waals surface area contributed by atoms with Crippen LogP contribution in [-0.4, -0.2) is 37.2 Å². The molecular weight excluding hydrogens is 430 g/mol. The van der Waals surface area contributed by atoms with Gasteiger partial charge in [-0.15, -0.1) is 0 Å². The number of carbonyl (C=O) groups excluding carboxylic acids is 1. The van der Waals surface area contributed by atoms with E-state index in [2.05, 4.69) is 20.4 Å². The molecule has 0 unspecified atom stereocenters. The van der Waals surface area contributed by atoms with E-state index in [1.165, 1.54) is 11.0 Å². The number of nitrogens with zero attached hydrogens (tertiary/aromatic N) is 3. The lowest BCUT2D eigenvalue weighted by atomic mass is 10.0. The number of aromatic nitrogens is 4. The second kappa shape index (κ2) is 8.70. The minimum absolute atomic E-state index is 0.122. The Hall–Kier alpha value is -4.07. The molecule has 8 heteroatoms. The van der Waals surface area contributed by atoms with Crippen molar-refractivity contribution in [3.63, 3.8) is 0 Å². The van der Waals surface area contributed by atoms with Crippen LogP contribution in [0.4, 0.5) is 16.3 Å². The van der Waals surface area contributed by atoms with Crippen LogP contribution in [0.5, 0.6) is 5.75 Å². The van der Waals surface area contributed by atoms with Gasteiger partial charge in [0.15, 0.2) is 5.82 Å². The molecule has 0 saturated heterocycles. The normalized spacial score (nSPS) is 11.5. The van der Waals surface area contributed by atoms with E-state index in [1.807, 2.05) is 65.8 Å². The summed E-state index contributed by atoms with van der Waals surface area (Å²) in [6.07, 6.45) is -0.555. The second-order valence-electron chi connectivity index (χ2n) is 9.31. The van der Waals surface area contributed by atoms with Gasteiger partial charge >= 0.3 is 6.09 Å². The quantitative estimate of drug-likeness (QED) is 0.338. The van der Waals surface area contributed by atoms with Crippen molar-refractivity contribution in [1.82, 2.24) is 20.4 Å². The Morgan fingerprint density at radius 2 is 1.62 bits per heavy atom. The van der Waals surface area contributed by atoms with Crippen molar-refractivity contribution in [1.29, 1.82) is 0 Å². The third-order valence-electron chi connectivity index (χ3n) is 5.40. The van der Waals surface area contributed by atoms with Crippen LogP contribution >= 0.6 is 0 Å². The summed E-state index contributed by atoms with van der Waals surface area (Å²) >= 11 is 0. The smallest absolute Gasteiger partial charge is 0.420 e.